The van der Waals surface area contributed by atoms with Gasteiger partial charge in [-0.1, -0.05) is 0 Å². The summed E-state index contributed by atoms with van der Waals surface area (Å²) in [6.45, 7) is 3.67. The quantitative estimate of drug-likeness (QED) is 0.744. The second-order valence-corrected chi connectivity index (χ2v) is 7.31. The average Bonchev–Trinajstić information content (AvgIpc) is 3.14. The Morgan fingerprint density at radius 3 is 2.81 bits per heavy atom. The van der Waals surface area contributed by atoms with Gasteiger partial charge in [0.15, 0.2) is 5.82 Å². The topological polar surface area (TPSA) is 88.3 Å². The summed E-state index contributed by atoms with van der Waals surface area (Å²) in [7, 11) is 0. The number of rotatable bonds is 2. The minimum absolute atomic E-state index is 0.0681. The molecule has 0 saturated carbocycles. The number of aryl methyl sites for hydroxylation is 2. The maximum Gasteiger partial charge on any atom is 0.328 e. The van der Waals surface area contributed by atoms with Crippen LogP contribution >= 0.6 is 11.3 Å². The summed E-state index contributed by atoms with van der Waals surface area (Å²) in [5.41, 5.74) is 0.654. The molecule has 1 unspecified atom stereocenters. The van der Waals surface area contributed by atoms with Crippen molar-refractivity contribution in [3.8, 4) is 0 Å². The van der Waals surface area contributed by atoms with Crippen molar-refractivity contribution in [1.29, 1.82) is 0 Å². The number of nitrogens with zero attached hydrogens (tertiary/aromatic N) is 4. The Hall–Kier alpha value is -2.81. The number of aromatic nitrogens is 3. The Morgan fingerprint density at radius 1 is 1.31 bits per heavy atom. The van der Waals surface area contributed by atoms with Crippen LogP contribution in [-0.2, 0) is 17.9 Å². The third-order valence-corrected chi connectivity index (χ3v) is 5.96. The standard InChI is InChI=1S/C17H15FN4O3S/c1-8-11-5-10(18)3-4-13(11)26-15(8)16(23)22-7-14-20-19-9(2)21(14)6-12(22)17(24)25/h3-5,12H,6-7H2,1-2H3,(H,24,25). The highest BCUT2D eigenvalue weighted by Gasteiger charge is 2.37. The molecule has 7 nitrogen and oxygen atoms in total. The molecule has 2 aromatic heterocycles. The van der Waals surface area contributed by atoms with E-state index in [9.17, 15) is 19.1 Å². The number of benzene rings is 1. The van der Waals surface area contributed by atoms with Crippen molar-refractivity contribution in [1.82, 2.24) is 19.7 Å². The van der Waals surface area contributed by atoms with Gasteiger partial charge in [0.2, 0.25) is 0 Å². The molecule has 0 bridgehead atoms. The first-order valence-electron chi connectivity index (χ1n) is 7.98. The van der Waals surface area contributed by atoms with E-state index in [4.69, 9.17) is 0 Å². The molecular weight excluding hydrogens is 359 g/mol. The van der Waals surface area contributed by atoms with Crippen LogP contribution in [0.5, 0.6) is 0 Å². The summed E-state index contributed by atoms with van der Waals surface area (Å²) in [5.74, 6) is -0.669. The van der Waals surface area contributed by atoms with E-state index in [0.717, 1.165) is 4.70 Å². The molecule has 0 radical (unpaired) electrons. The Kier molecular flexibility index (Phi) is 3.76. The number of carbonyl (C=O) groups excluding carboxylic acids is 1. The molecule has 0 spiro atoms. The van der Waals surface area contributed by atoms with Gasteiger partial charge in [-0.25, -0.2) is 9.18 Å². The number of hydrogen-bond donors (Lipinski definition) is 1. The molecule has 1 aliphatic rings. The fraction of sp³-hybridized carbons (Fsp3) is 0.294. The van der Waals surface area contributed by atoms with Gasteiger partial charge in [0.25, 0.3) is 5.91 Å². The number of fused-ring (bicyclic) bond motifs is 2. The molecule has 134 valence electrons. The average molecular weight is 374 g/mol. The van der Waals surface area contributed by atoms with E-state index in [0.29, 0.717) is 27.5 Å². The molecule has 1 amide bonds. The lowest BCUT2D eigenvalue weighted by Crippen LogP contribution is -2.50. The van der Waals surface area contributed by atoms with E-state index in [1.54, 1.807) is 24.5 Å². The van der Waals surface area contributed by atoms with Crippen molar-refractivity contribution < 1.29 is 19.1 Å². The molecule has 1 aliphatic heterocycles. The van der Waals surface area contributed by atoms with E-state index in [1.807, 2.05) is 0 Å². The maximum atomic E-state index is 13.5. The predicted octanol–water partition coefficient (Wildman–Crippen LogP) is 2.36. The largest absolute Gasteiger partial charge is 0.480 e. The minimum Gasteiger partial charge on any atom is -0.480 e. The number of carbonyl (C=O) groups is 2. The second kappa shape index (κ2) is 5.87. The number of thiophene rings is 1. The van der Waals surface area contributed by atoms with Crippen molar-refractivity contribution in [3.63, 3.8) is 0 Å². The smallest absolute Gasteiger partial charge is 0.328 e. The predicted molar refractivity (Wildman–Crippen MR) is 92.6 cm³/mol. The summed E-state index contributed by atoms with van der Waals surface area (Å²) in [6, 6.07) is 3.36. The van der Waals surface area contributed by atoms with Crippen molar-refractivity contribution >= 4 is 33.3 Å². The first-order chi connectivity index (χ1) is 12.4. The molecule has 26 heavy (non-hydrogen) atoms. The molecule has 1 aromatic carbocycles. The number of aliphatic carboxylic acids is 1. The van der Waals surface area contributed by atoms with Crippen molar-refractivity contribution in [2.45, 2.75) is 33.0 Å². The van der Waals surface area contributed by atoms with Gasteiger partial charge in [0, 0.05) is 4.70 Å². The summed E-state index contributed by atoms with van der Waals surface area (Å²) in [4.78, 5) is 26.6. The fourth-order valence-corrected chi connectivity index (χ4v) is 4.41. The highest BCUT2D eigenvalue weighted by atomic mass is 32.1. The minimum atomic E-state index is -1.08. The van der Waals surface area contributed by atoms with Crippen molar-refractivity contribution in [2.24, 2.45) is 0 Å². The molecule has 1 N–H and O–H groups in total. The summed E-state index contributed by atoms with van der Waals surface area (Å²) >= 11 is 1.24. The number of carboxylic acids is 1. The maximum absolute atomic E-state index is 13.5. The molecule has 1 atom stereocenters. The molecule has 4 rings (SSSR count). The van der Waals surface area contributed by atoms with Crippen LogP contribution in [0.2, 0.25) is 0 Å². The first-order valence-corrected chi connectivity index (χ1v) is 8.79. The zero-order chi connectivity index (χ0) is 18.6. The number of hydrogen-bond acceptors (Lipinski definition) is 5. The lowest BCUT2D eigenvalue weighted by atomic mass is 10.1. The number of amides is 1. The van der Waals surface area contributed by atoms with Crippen LogP contribution in [0.15, 0.2) is 18.2 Å². The van der Waals surface area contributed by atoms with Gasteiger partial charge >= 0.3 is 5.97 Å². The van der Waals surface area contributed by atoms with Crippen LogP contribution in [0.3, 0.4) is 0 Å². The lowest BCUT2D eigenvalue weighted by molar-refractivity contribution is -0.143. The van der Waals surface area contributed by atoms with Gasteiger partial charge in [-0.2, -0.15) is 0 Å². The van der Waals surface area contributed by atoms with Gasteiger partial charge in [-0.15, -0.1) is 21.5 Å². The monoisotopic (exact) mass is 374 g/mol. The van der Waals surface area contributed by atoms with Crippen LogP contribution < -0.4 is 0 Å². The Morgan fingerprint density at radius 2 is 2.08 bits per heavy atom. The highest BCUT2D eigenvalue weighted by molar-refractivity contribution is 7.21. The van der Waals surface area contributed by atoms with Crippen molar-refractivity contribution in [3.05, 3.63) is 46.1 Å². The van der Waals surface area contributed by atoms with Gasteiger partial charge in [-0.3, -0.25) is 4.79 Å². The third-order valence-electron chi connectivity index (χ3n) is 4.69. The van der Waals surface area contributed by atoms with Crippen molar-refractivity contribution in [2.75, 3.05) is 0 Å². The van der Waals surface area contributed by atoms with E-state index in [2.05, 4.69) is 10.2 Å². The summed E-state index contributed by atoms with van der Waals surface area (Å²) < 4.78 is 16.0. The molecule has 0 saturated heterocycles. The highest BCUT2D eigenvalue weighted by Crippen LogP contribution is 2.33. The van der Waals surface area contributed by atoms with Gasteiger partial charge in [0.1, 0.15) is 17.7 Å². The SMILES string of the molecule is Cc1c(C(=O)N2Cc3nnc(C)n3CC2C(=O)O)sc2ccc(F)cc12. The van der Waals surface area contributed by atoms with Crippen LogP contribution in [0.1, 0.15) is 26.9 Å². The zero-order valence-electron chi connectivity index (χ0n) is 14.1. The fourth-order valence-electron chi connectivity index (χ4n) is 3.27. The molecular formula is C17H15FN4O3S. The Labute approximate surface area is 151 Å². The van der Waals surface area contributed by atoms with Gasteiger partial charge < -0.3 is 14.6 Å². The Balaban J connectivity index is 1.77. The normalized spacial score (nSPS) is 16.7. The summed E-state index contributed by atoms with van der Waals surface area (Å²) in [6.07, 6.45) is 0. The van der Waals surface area contributed by atoms with E-state index < -0.39 is 12.0 Å². The molecule has 3 aromatic rings. The molecule has 0 fully saturated rings. The molecule has 9 heteroatoms. The van der Waals surface area contributed by atoms with Crippen LogP contribution in [0.4, 0.5) is 4.39 Å². The zero-order valence-corrected chi connectivity index (χ0v) is 14.9. The van der Waals surface area contributed by atoms with Crippen LogP contribution in [0, 0.1) is 19.7 Å². The van der Waals surface area contributed by atoms with Crippen LogP contribution in [-0.4, -0.2) is 42.7 Å². The van der Waals surface area contributed by atoms with E-state index in [-0.39, 0.29) is 24.8 Å². The first kappa shape index (κ1) is 16.6. The lowest BCUT2D eigenvalue weighted by Gasteiger charge is -2.33. The molecule has 3 heterocycles. The van der Waals surface area contributed by atoms with Crippen LogP contribution in [0.25, 0.3) is 10.1 Å². The number of carboxylic acid groups (broad SMARTS) is 1. The summed E-state index contributed by atoms with van der Waals surface area (Å²) in [5, 5.41) is 18.3. The molecule has 0 aliphatic carbocycles. The van der Waals surface area contributed by atoms with Gasteiger partial charge in [-0.05, 0) is 43.0 Å². The van der Waals surface area contributed by atoms with E-state index >= 15 is 0 Å². The third kappa shape index (κ3) is 2.47. The number of halogens is 1. The Bertz CT molecular complexity index is 1060. The van der Waals surface area contributed by atoms with E-state index in [1.165, 1.54) is 28.4 Å². The van der Waals surface area contributed by atoms with Gasteiger partial charge in [0.05, 0.1) is 18.0 Å². The second-order valence-electron chi connectivity index (χ2n) is 6.26.